The van der Waals surface area contributed by atoms with Crippen LogP contribution in [0.15, 0.2) is 75.9 Å². The van der Waals surface area contributed by atoms with Crippen molar-refractivity contribution in [2.24, 2.45) is 0 Å². The third-order valence-corrected chi connectivity index (χ3v) is 5.74. The second-order valence-electron chi connectivity index (χ2n) is 7.79. The molecule has 33 heavy (non-hydrogen) atoms. The molecule has 1 aliphatic heterocycles. The van der Waals surface area contributed by atoms with Gasteiger partial charge in [-0.3, -0.25) is 9.59 Å². The van der Waals surface area contributed by atoms with Gasteiger partial charge in [-0.05, 0) is 54.4 Å². The Labute approximate surface area is 188 Å². The van der Waals surface area contributed by atoms with Crippen LogP contribution in [0.25, 0.3) is 11.0 Å². The number of phenolic OH excluding ortho intramolecular Hbond substituents is 1. The Hall–Kier alpha value is -4.13. The Balaban J connectivity index is 1.71. The summed E-state index contributed by atoms with van der Waals surface area (Å²) in [6.45, 7) is 2.26. The van der Waals surface area contributed by atoms with Gasteiger partial charge in [0.25, 0.3) is 5.91 Å². The first-order chi connectivity index (χ1) is 16.0. The average Bonchev–Trinajstić information content (AvgIpc) is 3.09. The Morgan fingerprint density at radius 2 is 1.82 bits per heavy atom. The van der Waals surface area contributed by atoms with E-state index in [1.807, 2.05) is 0 Å². The summed E-state index contributed by atoms with van der Waals surface area (Å²) in [6.07, 6.45) is 0. The number of benzene rings is 3. The highest BCUT2D eigenvalue weighted by atomic mass is 19.1. The molecule has 0 radical (unpaired) electrons. The standard InChI is InChI=1S/C26H20FNO5/c1-2-32-21-13-16(9-12-19(21)29)23-22-24(30)18-5-3-4-6-20(18)33-25(22)26(31)28(23)14-15-7-10-17(27)11-8-15/h3-13,23,29H,2,14H2,1H3/t23-/m1/s1. The lowest BCUT2D eigenvalue weighted by atomic mass is 9.97. The number of aromatic hydroxyl groups is 1. The Morgan fingerprint density at radius 1 is 1.06 bits per heavy atom. The molecule has 6 nitrogen and oxygen atoms in total. The minimum Gasteiger partial charge on any atom is -0.504 e. The van der Waals surface area contributed by atoms with E-state index in [0.29, 0.717) is 28.7 Å². The average molecular weight is 445 g/mol. The number of hydrogen-bond acceptors (Lipinski definition) is 5. The van der Waals surface area contributed by atoms with Crippen molar-refractivity contribution in [2.45, 2.75) is 19.5 Å². The van der Waals surface area contributed by atoms with Crippen LogP contribution in [0.1, 0.15) is 40.2 Å². The van der Waals surface area contributed by atoms with Crippen molar-refractivity contribution < 1.29 is 23.4 Å². The number of rotatable bonds is 5. The van der Waals surface area contributed by atoms with E-state index in [1.165, 1.54) is 23.1 Å². The Kier molecular flexibility index (Phi) is 5.09. The van der Waals surface area contributed by atoms with E-state index in [-0.39, 0.29) is 40.6 Å². The lowest BCUT2D eigenvalue weighted by Crippen LogP contribution is -2.29. The summed E-state index contributed by atoms with van der Waals surface area (Å²) in [5, 5.41) is 10.5. The van der Waals surface area contributed by atoms with Crippen LogP contribution >= 0.6 is 0 Å². The number of halogens is 1. The molecule has 0 bridgehead atoms. The van der Waals surface area contributed by atoms with Crippen LogP contribution < -0.4 is 10.2 Å². The maximum absolute atomic E-state index is 13.5. The van der Waals surface area contributed by atoms with Gasteiger partial charge in [0.2, 0.25) is 5.76 Å². The second kappa shape index (κ2) is 8.09. The molecule has 1 aliphatic rings. The number of carbonyl (C=O) groups excluding carboxylic acids is 1. The van der Waals surface area contributed by atoms with Gasteiger partial charge in [0.1, 0.15) is 11.4 Å². The highest BCUT2D eigenvalue weighted by Crippen LogP contribution is 2.41. The number of carbonyl (C=O) groups is 1. The zero-order chi connectivity index (χ0) is 23.1. The van der Waals surface area contributed by atoms with E-state index in [2.05, 4.69) is 0 Å². The molecular weight excluding hydrogens is 425 g/mol. The third kappa shape index (κ3) is 3.51. The van der Waals surface area contributed by atoms with E-state index in [0.717, 1.165) is 0 Å². The van der Waals surface area contributed by atoms with Gasteiger partial charge >= 0.3 is 0 Å². The molecule has 0 aliphatic carbocycles. The maximum atomic E-state index is 13.5. The first kappa shape index (κ1) is 20.8. The molecule has 0 saturated carbocycles. The first-order valence-corrected chi connectivity index (χ1v) is 10.5. The van der Waals surface area contributed by atoms with Gasteiger partial charge in [-0.2, -0.15) is 0 Å². The van der Waals surface area contributed by atoms with Crippen molar-refractivity contribution in [2.75, 3.05) is 6.61 Å². The molecule has 0 fully saturated rings. The predicted molar refractivity (Wildman–Crippen MR) is 120 cm³/mol. The molecule has 0 spiro atoms. The van der Waals surface area contributed by atoms with Crippen molar-refractivity contribution in [1.82, 2.24) is 4.90 Å². The number of hydrogen-bond donors (Lipinski definition) is 1. The van der Waals surface area contributed by atoms with Crippen molar-refractivity contribution >= 4 is 16.9 Å². The molecule has 0 unspecified atom stereocenters. The van der Waals surface area contributed by atoms with Crippen molar-refractivity contribution in [3.8, 4) is 11.5 Å². The number of nitrogens with zero attached hydrogens (tertiary/aromatic N) is 1. The second-order valence-corrected chi connectivity index (χ2v) is 7.79. The van der Waals surface area contributed by atoms with E-state index in [9.17, 15) is 19.1 Å². The monoisotopic (exact) mass is 445 g/mol. The summed E-state index contributed by atoms with van der Waals surface area (Å²) in [6, 6.07) is 16.6. The molecular formula is C26H20FNO5. The van der Waals surface area contributed by atoms with E-state index in [1.54, 1.807) is 55.5 Å². The zero-order valence-electron chi connectivity index (χ0n) is 17.7. The van der Waals surface area contributed by atoms with Crippen LogP contribution in [0.5, 0.6) is 11.5 Å². The minimum atomic E-state index is -0.766. The topological polar surface area (TPSA) is 80.0 Å². The van der Waals surface area contributed by atoms with Gasteiger partial charge in [-0.1, -0.05) is 30.3 Å². The van der Waals surface area contributed by atoms with Crippen LogP contribution in [0.2, 0.25) is 0 Å². The normalized spacial score (nSPS) is 15.2. The van der Waals surface area contributed by atoms with E-state index < -0.39 is 11.9 Å². The fraction of sp³-hybridized carbons (Fsp3) is 0.154. The van der Waals surface area contributed by atoms with Gasteiger partial charge in [0.15, 0.2) is 16.9 Å². The summed E-state index contributed by atoms with van der Waals surface area (Å²) < 4.78 is 24.9. The highest BCUT2D eigenvalue weighted by molar-refractivity contribution is 5.99. The number of para-hydroxylation sites is 1. The number of ether oxygens (including phenoxy) is 1. The van der Waals surface area contributed by atoms with Crippen molar-refractivity contribution in [1.29, 1.82) is 0 Å². The molecule has 1 N–H and O–H groups in total. The first-order valence-electron chi connectivity index (χ1n) is 10.5. The predicted octanol–water partition coefficient (Wildman–Crippen LogP) is 4.78. The number of fused-ring (bicyclic) bond motifs is 2. The molecule has 166 valence electrons. The summed E-state index contributed by atoms with van der Waals surface area (Å²) in [5.41, 5.74) is 1.56. The largest absolute Gasteiger partial charge is 0.504 e. The van der Waals surface area contributed by atoms with Crippen LogP contribution in [-0.4, -0.2) is 22.5 Å². The van der Waals surface area contributed by atoms with Crippen LogP contribution in [0.3, 0.4) is 0 Å². The fourth-order valence-corrected chi connectivity index (χ4v) is 4.24. The van der Waals surface area contributed by atoms with Gasteiger partial charge in [0, 0.05) is 6.54 Å². The van der Waals surface area contributed by atoms with Gasteiger partial charge < -0.3 is 19.2 Å². The van der Waals surface area contributed by atoms with Crippen LogP contribution in [0, 0.1) is 5.82 Å². The van der Waals surface area contributed by atoms with E-state index >= 15 is 0 Å². The summed E-state index contributed by atoms with van der Waals surface area (Å²) in [4.78, 5) is 28.5. The van der Waals surface area contributed by atoms with Crippen molar-refractivity contribution in [3.63, 3.8) is 0 Å². The van der Waals surface area contributed by atoms with Crippen LogP contribution in [0.4, 0.5) is 4.39 Å². The maximum Gasteiger partial charge on any atom is 0.291 e. The molecule has 7 heteroatoms. The fourth-order valence-electron chi connectivity index (χ4n) is 4.24. The lowest BCUT2D eigenvalue weighted by molar-refractivity contribution is 0.0714. The molecule has 3 aromatic carbocycles. The minimum absolute atomic E-state index is 0.0168. The number of amides is 1. The summed E-state index contributed by atoms with van der Waals surface area (Å²) >= 11 is 0. The Morgan fingerprint density at radius 3 is 2.58 bits per heavy atom. The smallest absolute Gasteiger partial charge is 0.291 e. The Bertz CT molecular complexity index is 1430. The molecule has 0 saturated heterocycles. The SMILES string of the molecule is CCOc1cc([C@@H]2c3c(oc4ccccc4c3=O)C(=O)N2Cc2ccc(F)cc2)ccc1O. The molecule has 5 rings (SSSR count). The highest BCUT2D eigenvalue weighted by Gasteiger charge is 2.43. The van der Waals surface area contributed by atoms with Crippen LogP contribution in [-0.2, 0) is 6.54 Å². The lowest BCUT2D eigenvalue weighted by Gasteiger charge is -2.25. The van der Waals surface area contributed by atoms with Gasteiger partial charge in [-0.25, -0.2) is 4.39 Å². The molecule has 1 atom stereocenters. The van der Waals surface area contributed by atoms with Gasteiger partial charge in [-0.15, -0.1) is 0 Å². The molecule has 2 heterocycles. The third-order valence-electron chi connectivity index (χ3n) is 5.74. The number of phenols is 1. The zero-order valence-corrected chi connectivity index (χ0v) is 17.7. The molecule has 1 amide bonds. The molecule has 4 aromatic rings. The van der Waals surface area contributed by atoms with E-state index in [4.69, 9.17) is 9.15 Å². The quantitative estimate of drug-likeness (QED) is 0.478. The summed E-state index contributed by atoms with van der Waals surface area (Å²) in [7, 11) is 0. The molecule has 1 aromatic heterocycles. The summed E-state index contributed by atoms with van der Waals surface area (Å²) in [5.74, 6) is -0.622. The van der Waals surface area contributed by atoms with Crippen molar-refractivity contribution in [3.05, 3.63) is 105 Å². The van der Waals surface area contributed by atoms with Gasteiger partial charge in [0.05, 0.1) is 23.6 Å².